The van der Waals surface area contributed by atoms with Gasteiger partial charge in [0.25, 0.3) is 0 Å². The maximum atomic E-state index is 12.8. The molecule has 4 atom stereocenters. The van der Waals surface area contributed by atoms with Crippen molar-refractivity contribution in [3.05, 3.63) is 0 Å². The maximum Gasteiger partial charge on any atom is 0.320 e. The molecule has 0 bridgehead atoms. The minimum absolute atomic E-state index is 0.0574. The van der Waals surface area contributed by atoms with E-state index in [1.807, 2.05) is 0 Å². The zero-order chi connectivity index (χ0) is 21.7. The van der Waals surface area contributed by atoms with Crippen molar-refractivity contribution in [1.29, 1.82) is 0 Å². The van der Waals surface area contributed by atoms with Gasteiger partial charge in [-0.25, -0.2) is 0 Å². The molecule has 7 nitrogen and oxygen atoms in total. The van der Waals surface area contributed by atoms with E-state index in [0.717, 1.165) is 38.5 Å². The average Bonchev–Trinajstić information content (AvgIpc) is 2.61. The van der Waals surface area contributed by atoms with Gasteiger partial charge in [0.2, 0.25) is 0 Å². The first-order valence-electron chi connectivity index (χ1n) is 10.7. The number of rotatable bonds is 17. The fourth-order valence-electron chi connectivity index (χ4n) is 3.49. The molecular weight excluding hydrogens is 358 g/mol. The largest absolute Gasteiger partial charge is 0.480 e. The molecule has 0 saturated carbocycles. The molecule has 0 fully saturated rings. The Labute approximate surface area is 169 Å². The Kier molecular flexibility index (Phi) is 14.0. The van der Waals surface area contributed by atoms with Gasteiger partial charge < -0.3 is 22.3 Å². The van der Waals surface area contributed by atoms with Crippen LogP contribution in [-0.2, 0) is 14.4 Å². The van der Waals surface area contributed by atoms with Crippen LogP contribution in [0.1, 0.15) is 85.0 Å². The Hall–Kier alpha value is -1.31. The number of carbonyl (C=O) groups is 3. The first-order valence-corrected chi connectivity index (χ1v) is 10.7. The molecule has 0 rings (SSSR count). The molecule has 164 valence electrons. The van der Waals surface area contributed by atoms with E-state index in [2.05, 4.69) is 13.8 Å². The summed E-state index contributed by atoms with van der Waals surface area (Å²) in [4.78, 5) is 37.0. The number of nitrogens with two attached hydrogens (primary N) is 3. The number of aliphatic carboxylic acids is 1. The van der Waals surface area contributed by atoms with Gasteiger partial charge in [-0.05, 0) is 18.8 Å². The lowest BCUT2D eigenvalue weighted by Crippen LogP contribution is -2.46. The van der Waals surface area contributed by atoms with Gasteiger partial charge in [-0.1, -0.05) is 59.3 Å². The number of hydrogen-bond donors (Lipinski definition) is 4. The second-order valence-electron chi connectivity index (χ2n) is 8.05. The van der Waals surface area contributed by atoms with E-state index >= 15 is 0 Å². The molecule has 0 aromatic carbocycles. The van der Waals surface area contributed by atoms with Crippen molar-refractivity contribution in [2.24, 2.45) is 29.0 Å². The smallest absolute Gasteiger partial charge is 0.320 e. The highest BCUT2D eigenvalue weighted by atomic mass is 16.4. The van der Waals surface area contributed by atoms with Gasteiger partial charge in [0, 0.05) is 24.9 Å². The second kappa shape index (κ2) is 14.7. The highest BCUT2D eigenvalue weighted by Crippen LogP contribution is 2.23. The molecule has 3 unspecified atom stereocenters. The van der Waals surface area contributed by atoms with Crippen LogP contribution in [0.3, 0.4) is 0 Å². The first-order chi connectivity index (χ1) is 13.1. The van der Waals surface area contributed by atoms with Gasteiger partial charge in [-0.3, -0.25) is 14.4 Å². The zero-order valence-electron chi connectivity index (χ0n) is 17.9. The summed E-state index contributed by atoms with van der Waals surface area (Å²) in [5, 5.41) is 9.22. The topological polar surface area (TPSA) is 150 Å². The zero-order valence-corrected chi connectivity index (χ0v) is 17.9. The van der Waals surface area contributed by atoms with E-state index in [9.17, 15) is 19.5 Å². The molecular formula is C21H41N3O4. The number of carbonyl (C=O) groups excluding carboxylic acids is 2. The lowest BCUT2D eigenvalue weighted by Gasteiger charge is -2.26. The van der Waals surface area contributed by atoms with Crippen molar-refractivity contribution in [1.82, 2.24) is 0 Å². The molecule has 28 heavy (non-hydrogen) atoms. The number of carboxylic acids is 1. The number of carboxylic acid groups (broad SMARTS) is 1. The molecule has 0 aliphatic carbocycles. The molecule has 0 radical (unpaired) electrons. The predicted octanol–water partition coefficient (Wildman–Crippen LogP) is 2.38. The summed E-state index contributed by atoms with van der Waals surface area (Å²) in [5.74, 6) is -3.74. The molecule has 0 saturated heterocycles. The number of unbranched alkanes of at least 4 members (excludes halogenated alkanes) is 4. The predicted molar refractivity (Wildman–Crippen MR) is 112 cm³/mol. The summed E-state index contributed by atoms with van der Waals surface area (Å²) < 4.78 is 0. The van der Waals surface area contributed by atoms with E-state index in [1.54, 1.807) is 6.92 Å². The average molecular weight is 400 g/mol. The van der Waals surface area contributed by atoms with Crippen LogP contribution in [0.5, 0.6) is 0 Å². The van der Waals surface area contributed by atoms with Gasteiger partial charge >= 0.3 is 5.97 Å². The third-order valence-corrected chi connectivity index (χ3v) is 5.35. The quantitative estimate of drug-likeness (QED) is 0.217. The van der Waals surface area contributed by atoms with Crippen LogP contribution in [-0.4, -0.2) is 40.8 Å². The van der Waals surface area contributed by atoms with Crippen molar-refractivity contribution in [3.63, 3.8) is 0 Å². The van der Waals surface area contributed by atoms with Crippen molar-refractivity contribution in [2.45, 2.75) is 103 Å². The number of ketones is 2. The lowest BCUT2D eigenvalue weighted by molar-refractivity contribution is -0.142. The van der Waals surface area contributed by atoms with E-state index in [1.165, 1.54) is 0 Å². The highest BCUT2D eigenvalue weighted by molar-refractivity contribution is 6.03. The van der Waals surface area contributed by atoms with Crippen LogP contribution in [0.2, 0.25) is 0 Å². The van der Waals surface area contributed by atoms with Crippen molar-refractivity contribution in [3.8, 4) is 0 Å². The standard InChI is InChI=1S/C21H41N3O4/c1-4-6-8-10-15(22)12-17(25)19(14(3)20(24)21(27)28)18(26)13-16(23)11-9-7-5-2/h14-16,19-20H,4-13,22-24H2,1-3H3,(H,27,28)/t14?,15?,16?,19?,20-/m0/s1. The minimum atomic E-state index is -1.29. The van der Waals surface area contributed by atoms with Crippen LogP contribution < -0.4 is 17.2 Å². The lowest BCUT2D eigenvalue weighted by atomic mass is 9.78. The Bertz CT molecular complexity index is 454. The van der Waals surface area contributed by atoms with Crippen LogP contribution in [0.15, 0.2) is 0 Å². The molecule has 0 aromatic heterocycles. The van der Waals surface area contributed by atoms with Crippen LogP contribution in [0.25, 0.3) is 0 Å². The van der Waals surface area contributed by atoms with Gasteiger partial charge in [0.15, 0.2) is 0 Å². The summed E-state index contributed by atoms with van der Waals surface area (Å²) in [6.07, 6.45) is 7.57. The molecule has 0 spiro atoms. The highest BCUT2D eigenvalue weighted by Gasteiger charge is 2.38. The van der Waals surface area contributed by atoms with E-state index < -0.39 is 23.8 Å². The molecule has 0 aliphatic rings. The minimum Gasteiger partial charge on any atom is -0.480 e. The summed E-state index contributed by atoms with van der Waals surface area (Å²) in [6, 6.07) is -1.95. The Morgan fingerprint density at radius 3 is 1.50 bits per heavy atom. The first kappa shape index (κ1) is 26.7. The monoisotopic (exact) mass is 399 g/mol. The van der Waals surface area contributed by atoms with Gasteiger partial charge in [-0.2, -0.15) is 0 Å². The van der Waals surface area contributed by atoms with Crippen molar-refractivity contribution < 1.29 is 19.5 Å². The summed E-state index contributed by atoms with van der Waals surface area (Å²) in [7, 11) is 0. The summed E-state index contributed by atoms with van der Waals surface area (Å²) >= 11 is 0. The molecule has 0 amide bonds. The molecule has 0 aliphatic heterocycles. The third-order valence-electron chi connectivity index (χ3n) is 5.35. The van der Waals surface area contributed by atoms with Gasteiger partial charge in [-0.15, -0.1) is 0 Å². The maximum absolute atomic E-state index is 12.8. The summed E-state index contributed by atoms with van der Waals surface area (Å²) in [6.45, 7) is 5.72. The van der Waals surface area contributed by atoms with Crippen molar-refractivity contribution in [2.75, 3.05) is 0 Å². The number of hydrogen-bond acceptors (Lipinski definition) is 6. The Morgan fingerprint density at radius 1 is 0.786 bits per heavy atom. The number of Topliss-reactive ketones (excluding diaryl/α,β-unsaturated/α-hetero) is 2. The SMILES string of the molecule is CCCCCC(N)CC(=O)C(C(=O)CC(N)CCCCC)C(C)[C@H](N)C(=O)O. The molecule has 7 N–H and O–H groups in total. The van der Waals surface area contributed by atoms with E-state index in [0.29, 0.717) is 12.8 Å². The van der Waals surface area contributed by atoms with Gasteiger partial charge in [0.05, 0.1) is 5.92 Å². The Balaban J connectivity index is 5.10. The van der Waals surface area contributed by atoms with E-state index in [-0.39, 0.29) is 36.5 Å². The molecule has 0 aromatic rings. The van der Waals surface area contributed by atoms with Crippen LogP contribution >= 0.6 is 0 Å². The Morgan fingerprint density at radius 2 is 1.18 bits per heavy atom. The van der Waals surface area contributed by atoms with E-state index in [4.69, 9.17) is 17.2 Å². The summed E-state index contributed by atoms with van der Waals surface area (Å²) in [5.41, 5.74) is 17.9. The molecule has 7 heteroatoms. The molecule has 0 heterocycles. The second-order valence-corrected chi connectivity index (χ2v) is 8.05. The fourth-order valence-corrected chi connectivity index (χ4v) is 3.49. The normalized spacial score (nSPS) is 16.8. The van der Waals surface area contributed by atoms with Crippen molar-refractivity contribution >= 4 is 17.5 Å². The van der Waals surface area contributed by atoms with Gasteiger partial charge in [0.1, 0.15) is 17.6 Å². The fraction of sp³-hybridized carbons (Fsp3) is 0.857. The van der Waals surface area contributed by atoms with Crippen LogP contribution in [0.4, 0.5) is 0 Å². The third kappa shape index (κ3) is 10.3. The van der Waals surface area contributed by atoms with Crippen LogP contribution in [0, 0.1) is 11.8 Å².